The number of rotatable bonds is 4. The van der Waals surface area contributed by atoms with Crippen LogP contribution in [0.2, 0.25) is 0 Å². The summed E-state index contributed by atoms with van der Waals surface area (Å²) in [4.78, 5) is 14.1. The van der Waals surface area contributed by atoms with Crippen molar-refractivity contribution in [1.82, 2.24) is 15.0 Å². The maximum atomic E-state index is 6.48. The number of pyridine rings is 2. The first kappa shape index (κ1) is 40.2. The standard InChI is InChI=1S/C26H25N2OS.C23H24N.Ir/c1-25(2,3)15-12-13-27-19(14-15)18-9-7-8-16-17-10-11-20-21(23(17)29-22(16)18)28-24(30-20)26(4,5)6;1-17-5-9-20(10-6-17)22-15-21(13-14-24-22)19-11-7-18(8-12-19)16-23(2,3)4;/h7-8,10-14H,1-6H3;5-9,11-15H,16H2,1-4H3;/q2*-1;. The number of nitrogens with zero attached hydrogens (tertiary/aromatic N) is 3. The van der Waals surface area contributed by atoms with Gasteiger partial charge in [0.2, 0.25) is 0 Å². The fourth-order valence-electron chi connectivity index (χ4n) is 6.58. The molecule has 0 N–H and O–H groups in total. The maximum absolute atomic E-state index is 6.48. The molecule has 4 heterocycles. The Hall–Kier alpha value is -4.48. The first-order chi connectivity index (χ1) is 25.5. The van der Waals surface area contributed by atoms with Gasteiger partial charge in [-0.25, -0.2) is 4.98 Å². The molecule has 1 radical (unpaired) electrons. The van der Waals surface area contributed by atoms with Gasteiger partial charge in [0, 0.05) is 43.3 Å². The zero-order valence-electron chi connectivity index (χ0n) is 33.5. The van der Waals surface area contributed by atoms with Crippen LogP contribution < -0.4 is 0 Å². The number of furan rings is 1. The van der Waals surface area contributed by atoms with Crippen molar-refractivity contribution >= 4 is 43.5 Å². The minimum Gasteiger partial charge on any atom is -0.498 e. The van der Waals surface area contributed by atoms with Gasteiger partial charge in [-0.3, -0.25) is 0 Å². The van der Waals surface area contributed by atoms with Crippen molar-refractivity contribution in [3.05, 3.63) is 137 Å². The van der Waals surface area contributed by atoms with E-state index in [1.165, 1.54) is 27.8 Å². The topological polar surface area (TPSA) is 51.8 Å². The van der Waals surface area contributed by atoms with E-state index in [2.05, 4.69) is 170 Å². The Morgan fingerprint density at radius 3 is 2.05 bits per heavy atom. The second-order valence-electron chi connectivity index (χ2n) is 17.6. The first-order valence-corrected chi connectivity index (χ1v) is 19.5. The van der Waals surface area contributed by atoms with Crippen LogP contribution in [0.4, 0.5) is 0 Å². The number of thiazole rings is 1. The van der Waals surface area contributed by atoms with Crippen LogP contribution in [0.15, 0.2) is 108 Å². The fourth-order valence-corrected chi connectivity index (χ4v) is 7.60. The second-order valence-corrected chi connectivity index (χ2v) is 18.6. The van der Waals surface area contributed by atoms with Gasteiger partial charge in [0.25, 0.3) is 0 Å². The SMILES string of the molecule is CC(C)(C)c1ccnc(-c2[c-]ccc3c2oc2c3ccc3sc(C(C)(C)C)nc32)c1.Cc1c[c-]c(-c2cc(-c3ccc(CC(C)(C)C)cc3)ccn2)cc1.[Ir]. The van der Waals surface area contributed by atoms with E-state index in [9.17, 15) is 0 Å². The van der Waals surface area contributed by atoms with Crippen LogP contribution in [0, 0.1) is 24.5 Å². The zero-order chi connectivity index (χ0) is 38.4. The molecule has 0 unspecified atom stereocenters. The van der Waals surface area contributed by atoms with Gasteiger partial charge < -0.3 is 14.4 Å². The third-order valence-electron chi connectivity index (χ3n) is 9.51. The molecule has 0 aliphatic heterocycles. The van der Waals surface area contributed by atoms with Gasteiger partial charge in [0.1, 0.15) is 11.1 Å². The van der Waals surface area contributed by atoms with E-state index in [1.54, 1.807) is 11.3 Å². The summed E-state index contributed by atoms with van der Waals surface area (Å²) in [5.41, 5.74) is 13.0. The summed E-state index contributed by atoms with van der Waals surface area (Å²) in [6, 6.07) is 38.5. The van der Waals surface area contributed by atoms with Gasteiger partial charge in [-0.15, -0.1) is 64.9 Å². The number of aromatic nitrogens is 3. The number of hydrogen-bond donors (Lipinski definition) is 0. The quantitative estimate of drug-likeness (QED) is 0.165. The first-order valence-electron chi connectivity index (χ1n) is 18.7. The van der Waals surface area contributed by atoms with E-state index in [4.69, 9.17) is 9.40 Å². The minimum absolute atomic E-state index is 0. The average molecular weight is 920 g/mol. The molecule has 0 spiro atoms. The third-order valence-corrected chi connectivity index (χ3v) is 11.0. The van der Waals surface area contributed by atoms with Crippen molar-refractivity contribution in [3.8, 4) is 33.6 Å². The van der Waals surface area contributed by atoms with Crippen LogP contribution in [0.1, 0.15) is 84.0 Å². The molecule has 55 heavy (non-hydrogen) atoms. The van der Waals surface area contributed by atoms with Gasteiger partial charge in [-0.05, 0) is 69.1 Å². The van der Waals surface area contributed by atoms with E-state index in [0.29, 0.717) is 5.41 Å². The molecule has 8 aromatic rings. The maximum Gasteiger partial charge on any atom is 0.148 e. The summed E-state index contributed by atoms with van der Waals surface area (Å²) in [6.07, 6.45) is 4.84. The number of benzene rings is 4. The Balaban J connectivity index is 0.000000188. The summed E-state index contributed by atoms with van der Waals surface area (Å²) < 4.78 is 7.63. The van der Waals surface area contributed by atoms with Crippen LogP contribution in [0.25, 0.3) is 65.8 Å². The second kappa shape index (κ2) is 15.6. The summed E-state index contributed by atoms with van der Waals surface area (Å²) in [5.74, 6) is 0. The molecule has 0 saturated heterocycles. The smallest absolute Gasteiger partial charge is 0.148 e. The molecule has 4 aromatic carbocycles. The normalized spacial score (nSPS) is 12.1. The fraction of sp³-hybridized carbons (Fsp3) is 0.286. The number of aryl methyl sites for hydroxylation is 1. The van der Waals surface area contributed by atoms with Gasteiger partial charge in [0.15, 0.2) is 0 Å². The predicted molar refractivity (Wildman–Crippen MR) is 228 cm³/mol. The molecule has 8 rings (SSSR count). The van der Waals surface area contributed by atoms with Crippen molar-refractivity contribution in [1.29, 1.82) is 0 Å². The Bertz CT molecular complexity index is 2580. The van der Waals surface area contributed by atoms with Crippen molar-refractivity contribution < 1.29 is 24.5 Å². The molecule has 0 aliphatic carbocycles. The minimum atomic E-state index is 0. The van der Waals surface area contributed by atoms with E-state index in [-0.39, 0.29) is 30.9 Å². The molecule has 283 valence electrons. The van der Waals surface area contributed by atoms with Crippen molar-refractivity contribution in [3.63, 3.8) is 0 Å². The number of hydrogen-bond acceptors (Lipinski definition) is 5. The summed E-state index contributed by atoms with van der Waals surface area (Å²) >= 11 is 1.74. The molecule has 0 aliphatic rings. The summed E-state index contributed by atoms with van der Waals surface area (Å²) in [7, 11) is 0. The molecule has 0 amide bonds. The molecular formula is C49H49IrN3OS-2. The molecule has 0 fully saturated rings. The molecule has 0 atom stereocenters. The zero-order valence-corrected chi connectivity index (χ0v) is 36.7. The van der Waals surface area contributed by atoms with Crippen molar-refractivity contribution in [2.75, 3.05) is 0 Å². The average Bonchev–Trinajstić information content (AvgIpc) is 3.74. The Kier molecular flexibility index (Phi) is 11.4. The van der Waals surface area contributed by atoms with Gasteiger partial charge in [-0.1, -0.05) is 123 Å². The molecule has 4 nitrogen and oxygen atoms in total. The van der Waals surface area contributed by atoms with E-state index in [1.807, 2.05) is 24.5 Å². The number of fused-ring (bicyclic) bond motifs is 5. The Morgan fingerprint density at radius 1 is 0.673 bits per heavy atom. The molecular weight excluding hydrogens is 871 g/mol. The largest absolute Gasteiger partial charge is 0.498 e. The summed E-state index contributed by atoms with van der Waals surface area (Å²) in [5, 5.41) is 3.29. The molecule has 0 saturated carbocycles. The van der Waals surface area contributed by atoms with Gasteiger partial charge in [-0.2, -0.15) is 0 Å². The third kappa shape index (κ3) is 8.99. The van der Waals surface area contributed by atoms with Crippen LogP contribution in [0.3, 0.4) is 0 Å². The van der Waals surface area contributed by atoms with Crippen LogP contribution in [-0.4, -0.2) is 15.0 Å². The van der Waals surface area contributed by atoms with Gasteiger partial charge >= 0.3 is 0 Å². The van der Waals surface area contributed by atoms with E-state index >= 15 is 0 Å². The monoisotopic (exact) mass is 920 g/mol. The van der Waals surface area contributed by atoms with Gasteiger partial charge in [0.05, 0.1) is 15.3 Å². The Morgan fingerprint density at radius 2 is 1.38 bits per heavy atom. The van der Waals surface area contributed by atoms with Crippen LogP contribution >= 0.6 is 11.3 Å². The molecule has 4 aromatic heterocycles. The molecule has 6 heteroatoms. The molecule has 0 bridgehead atoms. The van der Waals surface area contributed by atoms with Crippen molar-refractivity contribution in [2.24, 2.45) is 5.41 Å². The Labute approximate surface area is 343 Å². The summed E-state index contributed by atoms with van der Waals surface area (Å²) in [6.45, 7) is 22.1. The van der Waals surface area contributed by atoms with Crippen molar-refractivity contribution in [2.45, 2.75) is 86.5 Å². The van der Waals surface area contributed by atoms with E-state index in [0.717, 1.165) is 66.1 Å². The van der Waals surface area contributed by atoms with Crippen LogP contribution in [-0.2, 0) is 37.4 Å². The predicted octanol–water partition coefficient (Wildman–Crippen LogP) is 13.8. The van der Waals surface area contributed by atoms with E-state index < -0.39 is 0 Å². The van der Waals surface area contributed by atoms with Crippen LogP contribution in [0.5, 0.6) is 0 Å².